The standard InChI is InChI=1S/C77H138O6/c1-4-7-10-13-16-19-22-24-26-28-30-31-32-33-34-35-36-37-38-39-40-41-42-43-44-45-47-48-50-52-55-58-61-64-67-70-76(79)82-73-74(72-81-75(78)69-66-63-60-57-54-21-18-15-12-9-6-3)83-77(80)71-68-65-62-59-56-53-51-49-46-29-27-25-23-20-17-14-11-8-5-2/h15,17-18,20,22,24-25,27-28,30,46,49,74H,4-14,16,19,21,23,26,29,31-45,47-48,50-73H2,1-3H3/b18-15-,20-17-,24-22-,27-25-,30-28-,49-46-. The monoisotopic (exact) mass is 1160 g/mol. The van der Waals surface area contributed by atoms with E-state index in [1.54, 1.807) is 0 Å². The molecule has 0 radical (unpaired) electrons. The Morgan fingerprint density at radius 3 is 0.747 bits per heavy atom. The van der Waals surface area contributed by atoms with Gasteiger partial charge in [-0.25, -0.2) is 0 Å². The molecule has 0 saturated carbocycles. The van der Waals surface area contributed by atoms with Crippen LogP contribution in [-0.4, -0.2) is 37.2 Å². The van der Waals surface area contributed by atoms with E-state index < -0.39 is 6.10 Å². The van der Waals surface area contributed by atoms with Gasteiger partial charge in [-0.15, -0.1) is 0 Å². The first-order valence-electron chi connectivity index (χ1n) is 36.4. The van der Waals surface area contributed by atoms with Crippen LogP contribution < -0.4 is 0 Å². The van der Waals surface area contributed by atoms with Crippen molar-refractivity contribution in [2.75, 3.05) is 13.2 Å². The zero-order chi connectivity index (χ0) is 59.9. The minimum Gasteiger partial charge on any atom is -0.462 e. The average Bonchev–Trinajstić information content (AvgIpc) is 3.48. The van der Waals surface area contributed by atoms with Crippen molar-refractivity contribution in [1.82, 2.24) is 0 Å². The van der Waals surface area contributed by atoms with Gasteiger partial charge in [-0.05, 0) is 109 Å². The molecule has 0 heterocycles. The summed E-state index contributed by atoms with van der Waals surface area (Å²) in [5.74, 6) is -0.884. The molecule has 0 N–H and O–H groups in total. The Bertz CT molecular complexity index is 1520. The number of ether oxygens (including phenoxy) is 3. The molecule has 6 nitrogen and oxygen atoms in total. The van der Waals surface area contributed by atoms with Crippen LogP contribution in [0, 0.1) is 0 Å². The van der Waals surface area contributed by atoms with Crippen LogP contribution in [0.25, 0.3) is 0 Å². The van der Waals surface area contributed by atoms with Crippen molar-refractivity contribution in [3.8, 4) is 0 Å². The van der Waals surface area contributed by atoms with Gasteiger partial charge in [-0.3, -0.25) is 14.4 Å². The smallest absolute Gasteiger partial charge is 0.306 e. The summed E-state index contributed by atoms with van der Waals surface area (Å²) in [6.07, 6.45) is 93.9. The van der Waals surface area contributed by atoms with E-state index in [-0.39, 0.29) is 31.1 Å². The van der Waals surface area contributed by atoms with Crippen LogP contribution in [0.3, 0.4) is 0 Å². The van der Waals surface area contributed by atoms with Crippen molar-refractivity contribution >= 4 is 17.9 Å². The Hall–Kier alpha value is -3.15. The fourth-order valence-electron chi connectivity index (χ4n) is 10.6. The third-order valence-corrected chi connectivity index (χ3v) is 16.2. The van der Waals surface area contributed by atoms with Crippen molar-refractivity contribution < 1.29 is 28.6 Å². The largest absolute Gasteiger partial charge is 0.462 e. The van der Waals surface area contributed by atoms with Gasteiger partial charge in [0.25, 0.3) is 0 Å². The van der Waals surface area contributed by atoms with E-state index >= 15 is 0 Å². The number of allylic oxidation sites excluding steroid dienone is 12. The number of esters is 3. The van der Waals surface area contributed by atoms with Crippen molar-refractivity contribution in [2.24, 2.45) is 0 Å². The second kappa shape index (κ2) is 71.3. The molecule has 0 aliphatic heterocycles. The van der Waals surface area contributed by atoms with Crippen LogP contribution in [0.5, 0.6) is 0 Å². The molecule has 0 aromatic carbocycles. The summed E-state index contributed by atoms with van der Waals surface area (Å²) in [4.78, 5) is 38.3. The zero-order valence-corrected chi connectivity index (χ0v) is 55.5. The second-order valence-electron chi connectivity index (χ2n) is 24.5. The van der Waals surface area contributed by atoms with Crippen LogP contribution >= 0.6 is 0 Å². The molecule has 0 aliphatic rings. The highest BCUT2D eigenvalue weighted by molar-refractivity contribution is 5.71. The van der Waals surface area contributed by atoms with Gasteiger partial charge in [0, 0.05) is 19.3 Å². The molecule has 0 amide bonds. The number of hydrogen-bond donors (Lipinski definition) is 0. The van der Waals surface area contributed by atoms with Gasteiger partial charge in [-0.2, -0.15) is 0 Å². The van der Waals surface area contributed by atoms with Crippen LogP contribution in [0.1, 0.15) is 380 Å². The summed E-state index contributed by atoms with van der Waals surface area (Å²) in [5.41, 5.74) is 0. The van der Waals surface area contributed by atoms with Gasteiger partial charge in [0.1, 0.15) is 13.2 Å². The Labute approximate surface area is 516 Å². The van der Waals surface area contributed by atoms with Gasteiger partial charge in [0.2, 0.25) is 0 Å². The molecular formula is C77H138O6. The molecule has 0 spiro atoms. The van der Waals surface area contributed by atoms with Gasteiger partial charge in [0.05, 0.1) is 0 Å². The van der Waals surface area contributed by atoms with Crippen molar-refractivity contribution in [1.29, 1.82) is 0 Å². The van der Waals surface area contributed by atoms with E-state index in [0.717, 1.165) is 96.3 Å². The minimum absolute atomic E-state index is 0.0798. The molecule has 0 aliphatic carbocycles. The Morgan fingerprint density at radius 2 is 0.446 bits per heavy atom. The molecule has 0 rings (SSSR count). The number of unbranched alkanes of at least 4 members (excludes halogenated alkanes) is 44. The number of carbonyl (C=O) groups is 3. The predicted molar refractivity (Wildman–Crippen MR) is 362 cm³/mol. The summed E-state index contributed by atoms with van der Waals surface area (Å²) in [5, 5.41) is 0. The lowest BCUT2D eigenvalue weighted by atomic mass is 10.0. The quantitative estimate of drug-likeness (QED) is 0.0261. The maximum absolute atomic E-state index is 12.9. The average molecular weight is 1160 g/mol. The fraction of sp³-hybridized carbons (Fsp3) is 0.805. The van der Waals surface area contributed by atoms with E-state index in [4.69, 9.17) is 14.2 Å². The SMILES string of the molecule is CCCC/C=C\CCCCCCCC(=O)OCC(COC(=O)CCCCCCCCCCCCCCCCCCCCCCCCC/C=C\C/C=C\CCCCCCC)OC(=O)CCCCCCCC/C=C\C/C=C\C/C=C\CCCCC. The molecule has 482 valence electrons. The lowest BCUT2D eigenvalue weighted by molar-refractivity contribution is -0.167. The number of hydrogen-bond acceptors (Lipinski definition) is 6. The summed E-state index contributed by atoms with van der Waals surface area (Å²) in [6, 6.07) is 0. The van der Waals surface area contributed by atoms with E-state index in [2.05, 4.69) is 93.7 Å². The maximum Gasteiger partial charge on any atom is 0.306 e. The van der Waals surface area contributed by atoms with Crippen LogP contribution in [0.4, 0.5) is 0 Å². The van der Waals surface area contributed by atoms with E-state index in [1.807, 2.05) is 0 Å². The van der Waals surface area contributed by atoms with Crippen molar-refractivity contribution in [3.05, 3.63) is 72.9 Å². The molecule has 83 heavy (non-hydrogen) atoms. The summed E-state index contributed by atoms with van der Waals surface area (Å²) < 4.78 is 16.9. The minimum atomic E-state index is -0.785. The highest BCUT2D eigenvalue weighted by Crippen LogP contribution is 2.18. The second-order valence-corrected chi connectivity index (χ2v) is 24.5. The number of carbonyl (C=O) groups excluding carboxylic acids is 3. The molecule has 0 aromatic heterocycles. The lowest BCUT2D eigenvalue weighted by Crippen LogP contribution is -2.30. The normalized spacial score (nSPS) is 12.5. The summed E-state index contributed by atoms with van der Waals surface area (Å²) in [7, 11) is 0. The van der Waals surface area contributed by atoms with Crippen LogP contribution in [0.15, 0.2) is 72.9 Å². The third kappa shape index (κ3) is 69.5. The molecule has 1 atom stereocenters. The Kier molecular flexibility index (Phi) is 68.6. The highest BCUT2D eigenvalue weighted by atomic mass is 16.6. The molecule has 1 unspecified atom stereocenters. The van der Waals surface area contributed by atoms with Crippen LogP contribution in [0.2, 0.25) is 0 Å². The van der Waals surface area contributed by atoms with E-state index in [0.29, 0.717) is 19.3 Å². The van der Waals surface area contributed by atoms with Gasteiger partial charge in [0.15, 0.2) is 6.10 Å². The summed E-state index contributed by atoms with van der Waals surface area (Å²) in [6.45, 7) is 6.59. The first-order valence-corrected chi connectivity index (χ1v) is 36.4. The third-order valence-electron chi connectivity index (χ3n) is 16.2. The number of rotatable bonds is 67. The van der Waals surface area contributed by atoms with E-state index in [1.165, 1.54) is 244 Å². The fourth-order valence-corrected chi connectivity index (χ4v) is 10.6. The van der Waals surface area contributed by atoms with E-state index in [9.17, 15) is 14.4 Å². The first kappa shape index (κ1) is 79.8. The van der Waals surface area contributed by atoms with Crippen molar-refractivity contribution in [3.63, 3.8) is 0 Å². The predicted octanol–water partition coefficient (Wildman–Crippen LogP) is 25.2. The van der Waals surface area contributed by atoms with Gasteiger partial charge in [-0.1, -0.05) is 325 Å². The lowest BCUT2D eigenvalue weighted by Gasteiger charge is -2.18. The summed E-state index contributed by atoms with van der Waals surface area (Å²) >= 11 is 0. The Balaban J connectivity index is 4.09. The topological polar surface area (TPSA) is 78.9 Å². The molecule has 0 bridgehead atoms. The Morgan fingerprint density at radius 1 is 0.241 bits per heavy atom. The molecular weight excluding hydrogens is 1020 g/mol. The zero-order valence-electron chi connectivity index (χ0n) is 55.5. The first-order chi connectivity index (χ1) is 41.0. The van der Waals surface area contributed by atoms with Gasteiger partial charge < -0.3 is 14.2 Å². The highest BCUT2D eigenvalue weighted by Gasteiger charge is 2.19. The molecule has 6 heteroatoms. The maximum atomic E-state index is 12.9. The molecule has 0 fully saturated rings. The molecule has 0 aromatic rings. The van der Waals surface area contributed by atoms with Crippen LogP contribution in [-0.2, 0) is 28.6 Å². The molecule has 0 saturated heterocycles. The van der Waals surface area contributed by atoms with Gasteiger partial charge >= 0.3 is 17.9 Å². The van der Waals surface area contributed by atoms with Crippen molar-refractivity contribution in [2.45, 2.75) is 386 Å².